The number of carbonyl (C=O) groups is 3. The van der Waals surface area contributed by atoms with Crippen molar-refractivity contribution in [1.29, 1.82) is 0 Å². The van der Waals surface area contributed by atoms with Gasteiger partial charge in [-0.25, -0.2) is 14.6 Å². The van der Waals surface area contributed by atoms with Gasteiger partial charge in [-0.2, -0.15) is 0 Å². The Morgan fingerprint density at radius 3 is 2.53 bits per heavy atom. The van der Waals surface area contributed by atoms with E-state index in [1.807, 2.05) is 99.6 Å². The van der Waals surface area contributed by atoms with E-state index in [4.69, 9.17) is 19.2 Å². The van der Waals surface area contributed by atoms with Gasteiger partial charge in [0.1, 0.15) is 29.2 Å². The van der Waals surface area contributed by atoms with Crippen LogP contribution in [0.4, 0.5) is 4.79 Å². The van der Waals surface area contributed by atoms with Crippen LogP contribution in [-0.2, 0) is 20.7 Å². The zero-order valence-electron chi connectivity index (χ0n) is 33.3. The smallest absolute Gasteiger partial charge is 0.332 e. The maximum absolute atomic E-state index is 14.5. The lowest BCUT2D eigenvalue weighted by molar-refractivity contribution is -0.149. The minimum absolute atomic E-state index is 0.0981. The summed E-state index contributed by atoms with van der Waals surface area (Å²) in [5.41, 5.74) is 2.78. The number of hydrogen-bond donors (Lipinski definition) is 4. The lowest BCUT2D eigenvalue weighted by Crippen LogP contribution is -2.58. The van der Waals surface area contributed by atoms with E-state index >= 15 is 0 Å². The van der Waals surface area contributed by atoms with Gasteiger partial charge in [0.2, 0.25) is 5.91 Å². The van der Waals surface area contributed by atoms with Crippen LogP contribution in [0.1, 0.15) is 57.7 Å². The van der Waals surface area contributed by atoms with E-state index in [9.17, 15) is 19.5 Å². The van der Waals surface area contributed by atoms with Crippen molar-refractivity contribution in [1.82, 2.24) is 25.8 Å². The van der Waals surface area contributed by atoms with E-state index in [-0.39, 0.29) is 37.6 Å². The maximum Gasteiger partial charge on any atom is 0.332 e. The third-order valence-corrected chi connectivity index (χ3v) is 11.5. The van der Waals surface area contributed by atoms with Crippen molar-refractivity contribution in [2.24, 2.45) is 11.3 Å². The number of nitrogens with zero attached hydrogens (tertiary/aromatic N) is 2. The van der Waals surface area contributed by atoms with Crippen LogP contribution in [0.3, 0.4) is 0 Å². The van der Waals surface area contributed by atoms with E-state index in [0.29, 0.717) is 42.1 Å². The molecule has 2 heterocycles. The van der Waals surface area contributed by atoms with Gasteiger partial charge in [-0.15, -0.1) is 6.58 Å². The zero-order chi connectivity index (χ0) is 40.5. The number of methoxy groups -OCH3 is 1. The number of aliphatic hydroxyl groups is 1. The lowest BCUT2D eigenvalue weighted by atomic mass is 9.86. The average Bonchev–Trinajstić information content (AvgIpc) is 3.59. The Kier molecular flexibility index (Phi) is 11.3. The van der Waals surface area contributed by atoms with E-state index in [1.54, 1.807) is 20.1 Å². The van der Waals surface area contributed by atoms with E-state index in [0.717, 1.165) is 22.1 Å². The number of urea groups is 1. The van der Waals surface area contributed by atoms with Crippen LogP contribution in [-0.4, -0.2) is 89.5 Å². The minimum atomic E-state index is -1.24. The molecule has 4 N–H and O–H groups in total. The molecule has 0 radical (unpaired) electrons. The Balaban J connectivity index is 1.17. The van der Waals surface area contributed by atoms with Gasteiger partial charge in [0.15, 0.2) is 0 Å². The molecule has 1 saturated heterocycles. The third kappa shape index (κ3) is 8.20. The van der Waals surface area contributed by atoms with Crippen LogP contribution in [0, 0.1) is 11.3 Å². The molecule has 57 heavy (non-hydrogen) atoms. The van der Waals surface area contributed by atoms with Crippen LogP contribution in [0.25, 0.3) is 22.2 Å². The first kappa shape index (κ1) is 39.8. The number of hydrogen-bond acceptors (Lipinski definition) is 9. The predicted octanol–water partition coefficient (Wildman–Crippen LogP) is 5.73. The van der Waals surface area contributed by atoms with Gasteiger partial charge in [-0.05, 0) is 42.0 Å². The average molecular weight is 776 g/mol. The number of likely N-dealkylation sites (tertiary alicyclic amines) is 1. The van der Waals surface area contributed by atoms with E-state index in [2.05, 4.69) is 22.5 Å². The molecule has 1 aliphatic heterocycles. The molecule has 4 aromatic rings. The molecule has 300 valence electrons. The normalized spacial score (nSPS) is 24.3. The summed E-state index contributed by atoms with van der Waals surface area (Å²) in [7, 11) is 1.60. The number of ether oxygens (including phenoxy) is 3. The number of benzene rings is 3. The molecule has 0 unspecified atom stereocenters. The molecule has 0 bridgehead atoms. The van der Waals surface area contributed by atoms with Crippen molar-refractivity contribution >= 4 is 28.8 Å². The van der Waals surface area contributed by atoms with Gasteiger partial charge in [0.25, 0.3) is 0 Å². The van der Waals surface area contributed by atoms with Crippen molar-refractivity contribution in [3.8, 4) is 22.8 Å². The van der Waals surface area contributed by atoms with Crippen molar-refractivity contribution < 1.29 is 33.7 Å². The molecule has 12 heteroatoms. The highest BCUT2D eigenvalue weighted by Gasteiger charge is 2.62. The van der Waals surface area contributed by atoms with Crippen molar-refractivity contribution in [2.45, 2.75) is 82.8 Å². The largest absolute Gasteiger partial charge is 0.497 e. The van der Waals surface area contributed by atoms with Gasteiger partial charge >= 0.3 is 12.0 Å². The number of carbonyl (C=O) groups excluding carboxylic acids is 3. The lowest BCUT2D eigenvalue weighted by Gasteiger charge is -2.35. The fourth-order valence-corrected chi connectivity index (χ4v) is 8.13. The number of amides is 3. The van der Waals surface area contributed by atoms with E-state index in [1.165, 1.54) is 4.90 Å². The fraction of sp³-hybridized carbons (Fsp3) is 0.422. The molecule has 12 nitrogen and oxygen atoms in total. The molecular formula is C45H53N5O7. The molecule has 3 amide bonds. The van der Waals surface area contributed by atoms with Crippen LogP contribution in [0.5, 0.6) is 11.5 Å². The van der Waals surface area contributed by atoms with Gasteiger partial charge in [0.05, 0.1) is 43.6 Å². The first-order valence-corrected chi connectivity index (χ1v) is 19.7. The van der Waals surface area contributed by atoms with Crippen molar-refractivity contribution in [3.05, 3.63) is 103 Å². The summed E-state index contributed by atoms with van der Waals surface area (Å²) in [6.45, 7) is 12.3. The first-order valence-electron chi connectivity index (χ1n) is 19.7. The summed E-state index contributed by atoms with van der Waals surface area (Å²) in [5.74, 6) is -0.0856. The summed E-state index contributed by atoms with van der Waals surface area (Å²) in [4.78, 5) is 48.5. The van der Waals surface area contributed by atoms with Crippen LogP contribution < -0.4 is 25.4 Å². The second kappa shape index (κ2) is 16.2. The highest BCUT2D eigenvalue weighted by atomic mass is 16.5. The molecule has 1 saturated carbocycles. The van der Waals surface area contributed by atoms with E-state index < -0.39 is 47.1 Å². The van der Waals surface area contributed by atoms with Crippen LogP contribution in [0.2, 0.25) is 0 Å². The highest BCUT2D eigenvalue weighted by molar-refractivity contribution is 5.95. The topological polar surface area (TPSA) is 151 Å². The second-order valence-corrected chi connectivity index (χ2v) is 16.4. The molecule has 7 atom stereocenters. The quantitative estimate of drug-likeness (QED) is 0.0987. The molecule has 7 rings (SSSR count). The van der Waals surface area contributed by atoms with Crippen molar-refractivity contribution in [2.75, 3.05) is 26.8 Å². The number of rotatable bonds is 13. The summed E-state index contributed by atoms with van der Waals surface area (Å²) in [6, 6.07) is 23.1. The first-order chi connectivity index (χ1) is 27.3. The number of nitrogens with one attached hydrogen (secondary N) is 3. The Bertz CT molecular complexity index is 2140. The molecule has 1 aromatic heterocycles. The molecule has 0 spiro atoms. The number of fused-ring (bicyclic) bond motifs is 2. The van der Waals surface area contributed by atoms with Crippen molar-refractivity contribution in [3.63, 3.8) is 0 Å². The zero-order valence-corrected chi connectivity index (χ0v) is 33.3. The Morgan fingerprint density at radius 2 is 1.82 bits per heavy atom. The predicted molar refractivity (Wildman–Crippen MR) is 218 cm³/mol. The monoisotopic (exact) mass is 775 g/mol. The minimum Gasteiger partial charge on any atom is -0.497 e. The number of pyridine rings is 1. The van der Waals surface area contributed by atoms with Crippen LogP contribution in [0.15, 0.2) is 91.5 Å². The number of aliphatic hydroxyl groups excluding tert-OH is 1. The summed E-state index contributed by atoms with van der Waals surface area (Å²) < 4.78 is 17.6. The summed E-state index contributed by atoms with van der Waals surface area (Å²) in [6.07, 6.45) is 1.55. The number of aromatic nitrogens is 1. The third-order valence-electron chi connectivity index (χ3n) is 11.5. The Labute approximate surface area is 334 Å². The Hall–Kier alpha value is -5.46. The fourth-order valence-electron chi connectivity index (χ4n) is 8.13. The Morgan fingerprint density at radius 1 is 1.07 bits per heavy atom. The highest BCUT2D eigenvalue weighted by Crippen LogP contribution is 2.46. The molecule has 2 fully saturated rings. The number of esters is 1. The van der Waals surface area contributed by atoms with Crippen LogP contribution >= 0.6 is 0 Å². The second-order valence-electron chi connectivity index (χ2n) is 16.4. The van der Waals surface area contributed by atoms with Gasteiger partial charge in [0, 0.05) is 54.4 Å². The van der Waals surface area contributed by atoms with Gasteiger partial charge in [-0.1, -0.05) is 81.4 Å². The standard InChI is InChI=1S/C45H53N5O7/c1-7-29-24-45(29,42(53)56-8-2)49-41(52)36-22-31(57-38-23-34(27-14-10-9-11-15-27)47-35-21-30(55-6)18-19-33(35)38)26-50(36)43(54)48-39(44(3,4)5)25-46-40-32-17-13-12-16-28(32)20-37(40)51/h7,9-19,21,23,29,31,36-37,39-40,46,51H,1,8,20,22,24-26H2,2-6H3,(H,48,54)(H,49,52)/t29-,31-,36+,37-,39-,40+,45-/m1/s1. The molecule has 3 aromatic carbocycles. The summed E-state index contributed by atoms with van der Waals surface area (Å²) >= 11 is 0. The molecule has 2 aliphatic carbocycles. The molecule has 3 aliphatic rings. The summed E-state index contributed by atoms with van der Waals surface area (Å²) in [5, 5.41) is 21.4. The maximum atomic E-state index is 14.5. The molecular weight excluding hydrogens is 723 g/mol. The van der Waals surface area contributed by atoms with Gasteiger partial charge in [-0.3, -0.25) is 4.79 Å². The van der Waals surface area contributed by atoms with Gasteiger partial charge < -0.3 is 40.2 Å². The SMILES string of the molecule is C=C[C@@H]1C[C@]1(NC(=O)[C@@H]1C[C@@H](Oc2cc(-c3ccccc3)nc3cc(OC)ccc23)CN1C(=O)N[C@H](CN[C@H]1c2ccccc2C[C@H]1O)C(C)(C)C)C(=O)OCC.